The third-order valence-electron chi connectivity index (χ3n) is 3.10. The summed E-state index contributed by atoms with van der Waals surface area (Å²) < 4.78 is 5.57. The molecule has 1 unspecified atom stereocenters. The Balaban J connectivity index is 2.22. The van der Waals surface area contributed by atoms with Gasteiger partial charge in [-0.15, -0.1) is 10.2 Å². The summed E-state index contributed by atoms with van der Waals surface area (Å²) in [6.07, 6.45) is 1.62. The summed E-state index contributed by atoms with van der Waals surface area (Å²) in [7, 11) is 0. The highest BCUT2D eigenvalue weighted by Gasteiger charge is 2.19. The first-order valence-electron chi connectivity index (χ1n) is 6.45. The highest BCUT2D eigenvalue weighted by molar-refractivity contribution is 7.09. The second-order valence-electron chi connectivity index (χ2n) is 4.46. The predicted octanol–water partition coefficient (Wildman–Crippen LogP) is 1.25. The fraction of sp³-hybridized carbons (Fsp3) is 0.636. The average Bonchev–Trinajstić information content (AvgIpc) is 3.04. The van der Waals surface area contributed by atoms with Crippen molar-refractivity contribution >= 4 is 17.5 Å². The molecule has 1 atom stereocenters. The number of aromatic nitrogens is 6. The Morgan fingerprint density at radius 2 is 2.20 bits per heavy atom. The van der Waals surface area contributed by atoms with Crippen LogP contribution in [0.2, 0.25) is 0 Å². The van der Waals surface area contributed by atoms with Gasteiger partial charge in [0, 0.05) is 13.0 Å². The molecule has 9 heteroatoms. The van der Waals surface area contributed by atoms with Gasteiger partial charge in [0.05, 0.1) is 5.69 Å². The van der Waals surface area contributed by atoms with Crippen LogP contribution in [0.5, 0.6) is 0 Å². The molecule has 0 aromatic carbocycles. The fourth-order valence-corrected chi connectivity index (χ4v) is 2.67. The molecule has 2 aromatic rings. The zero-order valence-corrected chi connectivity index (χ0v) is 12.2. The second kappa shape index (κ2) is 6.51. The molecule has 0 amide bonds. The maximum atomic E-state index is 10.8. The molecule has 0 aliphatic heterocycles. The number of carbonyl (C=O) groups is 1. The number of nitrogens with zero attached hydrogens (tertiary/aromatic N) is 6. The summed E-state index contributed by atoms with van der Waals surface area (Å²) in [5.41, 5.74) is 0.859. The van der Waals surface area contributed by atoms with Gasteiger partial charge in [-0.05, 0) is 34.3 Å². The van der Waals surface area contributed by atoms with E-state index in [1.165, 1.54) is 11.5 Å². The number of carboxylic acids is 1. The molecule has 0 aliphatic carbocycles. The lowest BCUT2D eigenvalue weighted by Crippen LogP contribution is -2.16. The van der Waals surface area contributed by atoms with Crippen LogP contribution in [0, 0.1) is 5.92 Å². The zero-order chi connectivity index (χ0) is 14.5. The van der Waals surface area contributed by atoms with Gasteiger partial charge >= 0.3 is 5.97 Å². The molecule has 1 N–H and O–H groups in total. The minimum atomic E-state index is -0.805. The van der Waals surface area contributed by atoms with Gasteiger partial charge in [-0.1, -0.05) is 24.8 Å². The molecule has 0 saturated heterocycles. The van der Waals surface area contributed by atoms with Gasteiger partial charge < -0.3 is 5.11 Å². The van der Waals surface area contributed by atoms with E-state index in [2.05, 4.69) is 25.1 Å². The summed E-state index contributed by atoms with van der Waals surface area (Å²) in [6.45, 7) is 4.43. The molecule has 108 valence electrons. The molecule has 0 fully saturated rings. The van der Waals surface area contributed by atoms with Crippen LogP contribution >= 0.6 is 11.5 Å². The first-order chi connectivity index (χ1) is 9.65. The quantitative estimate of drug-likeness (QED) is 0.819. The number of rotatable bonds is 7. The first-order valence-corrected chi connectivity index (χ1v) is 7.22. The van der Waals surface area contributed by atoms with Crippen LogP contribution in [-0.2, 0) is 17.8 Å². The van der Waals surface area contributed by atoms with Crippen LogP contribution in [0.1, 0.15) is 32.4 Å². The highest BCUT2D eigenvalue weighted by Crippen LogP contribution is 2.25. The molecule has 2 heterocycles. The summed E-state index contributed by atoms with van der Waals surface area (Å²) in [5.74, 6) is -0.193. The van der Waals surface area contributed by atoms with Gasteiger partial charge in [-0.2, -0.15) is 0 Å². The van der Waals surface area contributed by atoms with Crippen LogP contribution < -0.4 is 0 Å². The second-order valence-corrected chi connectivity index (χ2v) is 5.21. The molecule has 0 spiro atoms. The monoisotopic (exact) mass is 296 g/mol. The van der Waals surface area contributed by atoms with Gasteiger partial charge in [0.2, 0.25) is 0 Å². The van der Waals surface area contributed by atoms with Crippen molar-refractivity contribution in [2.75, 3.05) is 0 Å². The minimum Gasteiger partial charge on any atom is -0.481 e. The Morgan fingerprint density at radius 1 is 1.40 bits per heavy atom. The Bertz CT molecular complexity index is 581. The van der Waals surface area contributed by atoms with Gasteiger partial charge in [0.1, 0.15) is 4.88 Å². The maximum Gasteiger partial charge on any atom is 0.303 e. The number of hydrogen-bond acceptors (Lipinski definition) is 7. The first kappa shape index (κ1) is 14.5. The Labute approximate surface area is 120 Å². The zero-order valence-electron chi connectivity index (χ0n) is 11.4. The van der Waals surface area contributed by atoms with Gasteiger partial charge in [0.15, 0.2) is 5.82 Å². The smallest absolute Gasteiger partial charge is 0.303 e. The van der Waals surface area contributed by atoms with E-state index >= 15 is 0 Å². The van der Waals surface area contributed by atoms with E-state index < -0.39 is 5.97 Å². The van der Waals surface area contributed by atoms with Crippen molar-refractivity contribution in [3.8, 4) is 10.7 Å². The molecule has 8 nitrogen and oxygen atoms in total. The lowest BCUT2D eigenvalue weighted by atomic mass is 10.0. The third kappa shape index (κ3) is 3.16. The minimum absolute atomic E-state index is 0.000655. The van der Waals surface area contributed by atoms with Crippen molar-refractivity contribution in [1.82, 2.24) is 29.8 Å². The molecule has 0 aliphatic rings. The molecular formula is C11H16N6O2S. The van der Waals surface area contributed by atoms with Crippen molar-refractivity contribution in [2.45, 2.75) is 39.7 Å². The van der Waals surface area contributed by atoms with Crippen LogP contribution in [-0.4, -0.2) is 40.9 Å². The fourth-order valence-electron chi connectivity index (χ4n) is 1.93. The summed E-state index contributed by atoms with van der Waals surface area (Å²) in [6, 6.07) is 0. The van der Waals surface area contributed by atoms with E-state index in [9.17, 15) is 4.79 Å². The van der Waals surface area contributed by atoms with Crippen molar-refractivity contribution in [3.63, 3.8) is 0 Å². The molecule has 20 heavy (non-hydrogen) atoms. The number of hydrogen-bond donors (Lipinski definition) is 1. The van der Waals surface area contributed by atoms with Crippen molar-refractivity contribution in [1.29, 1.82) is 0 Å². The third-order valence-corrected chi connectivity index (χ3v) is 3.86. The van der Waals surface area contributed by atoms with Crippen molar-refractivity contribution < 1.29 is 9.90 Å². The van der Waals surface area contributed by atoms with Crippen molar-refractivity contribution in [2.24, 2.45) is 5.92 Å². The van der Waals surface area contributed by atoms with E-state index in [4.69, 9.17) is 5.11 Å². The summed E-state index contributed by atoms with van der Waals surface area (Å²) in [5, 5.41) is 24.6. The van der Waals surface area contributed by atoms with E-state index in [0.717, 1.165) is 23.4 Å². The van der Waals surface area contributed by atoms with Gasteiger partial charge in [0.25, 0.3) is 0 Å². The number of carboxylic acid groups (broad SMARTS) is 1. The molecule has 2 rings (SSSR count). The predicted molar refractivity (Wildman–Crippen MR) is 72.1 cm³/mol. The van der Waals surface area contributed by atoms with E-state index in [-0.39, 0.29) is 12.3 Å². The lowest BCUT2D eigenvalue weighted by molar-refractivity contribution is -0.138. The lowest BCUT2D eigenvalue weighted by Gasteiger charge is -2.12. The van der Waals surface area contributed by atoms with E-state index in [0.29, 0.717) is 12.4 Å². The highest BCUT2D eigenvalue weighted by atomic mass is 32.1. The van der Waals surface area contributed by atoms with E-state index in [1.54, 1.807) is 4.68 Å². The maximum absolute atomic E-state index is 10.8. The molecule has 0 bridgehead atoms. The normalized spacial score (nSPS) is 12.5. The average molecular weight is 296 g/mol. The molecular weight excluding hydrogens is 280 g/mol. The topological polar surface area (TPSA) is 107 Å². The Morgan fingerprint density at radius 3 is 2.85 bits per heavy atom. The number of tetrazole rings is 1. The van der Waals surface area contributed by atoms with Crippen LogP contribution in [0.3, 0.4) is 0 Å². The molecule has 0 radical (unpaired) electrons. The number of aryl methyl sites for hydroxylation is 1. The van der Waals surface area contributed by atoms with Crippen molar-refractivity contribution in [3.05, 3.63) is 5.69 Å². The van der Waals surface area contributed by atoms with Gasteiger partial charge in [-0.25, -0.2) is 4.68 Å². The Hall–Kier alpha value is -1.90. The van der Waals surface area contributed by atoms with Crippen LogP contribution in [0.15, 0.2) is 0 Å². The van der Waals surface area contributed by atoms with E-state index in [1.807, 2.05) is 13.8 Å². The largest absolute Gasteiger partial charge is 0.481 e. The molecule has 2 aromatic heterocycles. The van der Waals surface area contributed by atoms with Gasteiger partial charge in [-0.3, -0.25) is 4.79 Å². The standard InChI is InChI=1S/C11H16N6O2S/c1-3-7(5-9(18)19)6-17-11(13-14-15-17)10-8(4-2)12-16-20-10/h7H,3-6H2,1-2H3,(H,18,19). The molecule has 0 saturated carbocycles. The SMILES string of the molecule is CCc1nnsc1-c1nnnn1CC(CC)CC(=O)O. The summed E-state index contributed by atoms with van der Waals surface area (Å²) >= 11 is 1.25. The Kier molecular flexibility index (Phi) is 4.72. The van der Waals surface area contributed by atoms with Crippen LogP contribution in [0.25, 0.3) is 10.7 Å². The summed E-state index contributed by atoms with van der Waals surface area (Å²) in [4.78, 5) is 11.7. The number of aliphatic carboxylic acids is 1. The van der Waals surface area contributed by atoms with Crippen LogP contribution in [0.4, 0.5) is 0 Å².